The van der Waals surface area contributed by atoms with Crippen molar-refractivity contribution in [3.05, 3.63) is 24.4 Å². The molecule has 2 aromatic rings. The Balaban J connectivity index is 1.58. The van der Waals surface area contributed by atoms with Gasteiger partial charge in [-0.2, -0.15) is 5.10 Å². The number of carbonyl (C=O) groups is 1. The molecule has 2 aromatic heterocycles. The van der Waals surface area contributed by atoms with Gasteiger partial charge in [-0.05, 0) is 50.9 Å². The normalized spacial score (nSPS) is 15.8. The van der Waals surface area contributed by atoms with Gasteiger partial charge in [0.2, 0.25) is 12.3 Å². The summed E-state index contributed by atoms with van der Waals surface area (Å²) in [7, 11) is 1.58. The molecular weight excluding hydrogens is 330 g/mol. The van der Waals surface area contributed by atoms with E-state index in [-0.39, 0.29) is 0 Å². The molecule has 3 rings (SSSR count). The van der Waals surface area contributed by atoms with Gasteiger partial charge in [-0.3, -0.25) is 14.8 Å². The Bertz CT molecular complexity index is 694. The number of nitrogens with one attached hydrogen (secondary N) is 1. The first-order chi connectivity index (χ1) is 12.7. The Kier molecular flexibility index (Phi) is 6.22. The summed E-state index contributed by atoms with van der Waals surface area (Å²) in [5.41, 5.74) is 1.63. The number of methoxy groups -OCH3 is 1. The van der Waals surface area contributed by atoms with Crippen molar-refractivity contribution in [1.82, 2.24) is 20.1 Å². The Morgan fingerprint density at radius 3 is 2.85 bits per heavy atom. The number of H-pyrrole nitrogens is 1. The van der Waals surface area contributed by atoms with E-state index in [1.54, 1.807) is 24.3 Å². The van der Waals surface area contributed by atoms with Crippen molar-refractivity contribution in [2.75, 3.05) is 38.2 Å². The molecule has 0 spiro atoms. The average Bonchev–Trinajstić information content (AvgIpc) is 3.36. The lowest BCUT2D eigenvalue weighted by molar-refractivity contribution is -0.107. The number of pyridine rings is 1. The molecule has 1 fully saturated rings. The molecule has 7 nitrogen and oxygen atoms in total. The molecule has 1 atom stereocenters. The number of aromatic nitrogens is 3. The molecular formula is C19H27N5O2. The predicted octanol–water partition coefficient (Wildman–Crippen LogP) is 2.57. The van der Waals surface area contributed by atoms with Gasteiger partial charge < -0.3 is 9.64 Å². The van der Waals surface area contributed by atoms with Crippen molar-refractivity contribution in [2.24, 2.45) is 5.92 Å². The van der Waals surface area contributed by atoms with E-state index in [9.17, 15) is 4.79 Å². The van der Waals surface area contributed by atoms with E-state index < -0.39 is 0 Å². The fraction of sp³-hybridized carbons (Fsp3) is 0.526. The molecule has 3 heterocycles. The SMILES string of the molecule is COc1ccc(-c2cc(N(C=O)CC(C)CCN3CCCC3)[nH]n2)cn1. The van der Waals surface area contributed by atoms with Crippen molar-refractivity contribution >= 4 is 12.2 Å². The van der Waals surface area contributed by atoms with E-state index >= 15 is 0 Å². The first-order valence-corrected chi connectivity index (χ1v) is 9.19. The van der Waals surface area contributed by atoms with Crippen LogP contribution < -0.4 is 9.64 Å². The number of hydrogen-bond donors (Lipinski definition) is 1. The molecule has 0 radical (unpaired) electrons. The van der Waals surface area contributed by atoms with Gasteiger partial charge in [0.25, 0.3) is 0 Å². The van der Waals surface area contributed by atoms with Crippen LogP contribution in [-0.4, -0.2) is 59.8 Å². The number of likely N-dealkylation sites (tertiary alicyclic amines) is 1. The van der Waals surface area contributed by atoms with Crippen molar-refractivity contribution in [3.63, 3.8) is 0 Å². The smallest absolute Gasteiger partial charge is 0.215 e. The van der Waals surface area contributed by atoms with E-state index in [4.69, 9.17) is 4.74 Å². The zero-order chi connectivity index (χ0) is 18.4. The van der Waals surface area contributed by atoms with Crippen molar-refractivity contribution < 1.29 is 9.53 Å². The van der Waals surface area contributed by atoms with E-state index in [1.807, 2.05) is 12.1 Å². The minimum atomic E-state index is 0.426. The van der Waals surface area contributed by atoms with E-state index in [1.165, 1.54) is 25.9 Å². The van der Waals surface area contributed by atoms with E-state index in [2.05, 4.69) is 27.0 Å². The highest BCUT2D eigenvalue weighted by molar-refractivity contribution is 5.75. The Morgan fingerprint density at radius 2 is 2.19 bits per heavy atom. The average molecular weight is 357 g/mol. The number of anilines is 1. The Labute approximate surface area is 154 Å². The van der Waals surface area contributed by atoms with Crippen LogP contribution in [0.15, 0.2) is 24.4 Å². The minimum Gasteiger partial charge on any atom is -0.481 e. The summed E-state index contributed by atoms with van der Waals surface area (Å²) in [6.45, 7) is 6.41. The summed E-state index contributed by atoms with van der Waals surface area (Å²) in [4.78, 5) is 20.0. The zero-order valence-corrected chi connectivity index (χ0v) is 15.5. The van der Waals surface area contributed by atoms with Gasteiger partial charge >= 0.3 is 0 Å². The Hall–Kier alpha value is -2.41. The number of aromatic amines is 1. The maximum atomic E-state index is 11.6. The highest BCUT2D eigenvalue weighted by Crippen LogP contribution is 2.23. The van der Waals surface area contributed by atoms with Gasteiger partial charge in [0, 0.05) is 30.4 Å². The Morgan fingerprint density at radius 1 is 1.38 bits per heavy atom. The quantitative estimate of drug-likeness (QED) is 0.698. The molecule has 1 saturated heterocycles. The van der Waals surface area contributed by atoms with Crippen LogP contribution in [-0.2, 0) is 4.79 Å². The molecule has 0 aliphatic carbocycles. The van der Waals surface area contributed by atoms with Gasteiger partial charge in [-0.25, -0.2) is 4.98 Å². The number of hydrogen-bond acceptors (Lipinski definition) is 5. The summed E-state index contributed by atoms with van der Waals surface area (Å²) in [5.74, 6) is 1.69. The minimum absolute atomic E-state index is 0.426. The van der Waals surface area contributed by atoms with Crippen LogP contribution >= 0.6 is 0 Å². The lowest BCUT2D eigenvalue weighted by Gasteiger charge is -2.22. The zero-order valence-electron chi connectivity index (χ0n) is 15.5. The van der Waals surface area contributed by atoms with E-state index in [0.29, 0.717) is 24.2 Å². The van der Waals surface area contributed by atoms with Gasteiger partial charge in [0.1, 0.15) is 5.82 Å². The largest absolute Gasteiger partial charge is 0.481 e. The summed E-state index contributed by atoms with van der Waals surface area (Å²) in [6, 6.07) is 5.57. The van der Waals surface area contributed by atoms with Crippen molar-refractivity contribution in [1.29, 1.82) is 0 Å². The van der Waals surface area contributed by atoms with Gasteiger partial charge in [0.15, 0.2) is 0 Å². The van der Waals surface area contributed by atoms with Crippen LogP contribution in [0.4, 0.5) is 5.82 Å². The molecule has 1 unspecified atom stereocenters. The maximum absolute atomic E-state index is 11.6. The molecule has 1 amide bonds. The predicted molar refractivity (Wildman–Crippen MR) is 101 cm³/mol. The summed E-state index contributed by atoms with van der Waals surface area (Å²) < 4.78 is 5.07. The molecule has 1 N–H and O–H groups in total. The molecule has 0 bridgehead atoms. The third-order valence-electron chi connectivity index (χ3n) is 4.89. The van der Waals surface area contributed by atoms with E-state index in [0.717, 1.165) is 30.6 Å². The van der Waals surface area contributed by atoms with Crippen LogP contribution in [0.1, 0.15) is 26.2 Å². The number of ether oxygens (including phenoxy) is 1. The number of carbonyl (C=O) groups excluding carboxylic acids is 1. The fourth-order valence-electron chi connectivity index (χ4n) is 3.29. The number of nitrogens with zero attached hydrogens (tertiary/aromatic N) is 4. The summed E-state index contributed by atoms with van der Waals surface area (Å²) in [6.07, 6.45) is 6.30. The molecule has 1 aliphatic rings. The second-order valence-corrected chi connectivity index (χ2v) is 6.93. The van der Waals surface area contributed by atoms with Crippen LogP contribution in [0.3, 0.4) is 0 Å². The number of amides is 1. The highest BCUT2D eigenvalue weighted by Gasteiger charge is 2.16. The van der Waals surface area contributed by atoms with Gasteiger partial charge in [0.05, 0.1) is 12.8 Å². The number of rotatable bonds is 9. The summed E-state index contributed by atoms with van der Waals surface area (Å²) >= 11 is 0. The third-order valence-corrected chi connectivity index (χ3v) is 4.89. The maximum Gasteiger partial charge on any atom is 0.215 e. The first kappa shape index (κ1) is 18.4. The second-order valence-electron chi connectivity index (χ2n) is 6.93. The molecule has 7 heteroatoms. The molecule has 1 aliphatic heterocycles. The lowest BCUT2D eigenvalue weighted by atomic mass is 10.1. The lowest BCUT2D eigenvalue weighted by Crippen LogP contribution is -2.30. The molecule has 140 valence electrons. The third kappa shape index (κ3) is 4.60. The van der Waals surface area contributed by atoms with Crippen LogP contribution in [0.5, 0.6) is 5.88 Å². The molecule has 26 heavy (non-hydrogen) atoms. The van der Waals surface area contributed by atoms with Crippen molar-refractivity contribution in [2.45, 2.75) is 26.2 Å². The topological polar surface area (TPSA) is 74.3 Å². The standard InChI is InChI=1S/C19H27N5O2/c1-15(7-10-23-8-3-4-9-23)13-24(14-25)18-11-17(21-22-18)16-5-6-19(26-2)20-12-16/h5-6,11-12,14-15H,3-4,7-10,13H2,1-2H3,(H,21,22). The highest BCUT2D eigenvalue weighted by atomic mass is 16.5. The molecule has 0 aromatic carbocycles. The van der Waals surface area contributed by atoms with Crippen molar-refractivity contribution in [3.8, 4) is 17.1 Å². The second kappa shape index (κ2) is 8.80. The van der Waals surface area contributed by atoms with Crippen LogP contribution in [0.25, 0.3) is 11.3 Å². The molecule has 0 saturated carbocycles. The van der Waals surface area contributed by atoms with Gasteiger partial charge in [-0.15, -0.1) is 0 Å². The van der Waals surface area contributed by atoms with Gasteiger partial charge in [-0.1, -0.05) is 6.92 Å². The fourth-order valence-corrected chi connectivity index (χ4v) is 3.29. The monoisotopic (exact) mass is 357 g/mol. The van der Waals surface area contributed by atoms with Crippen LogP contribution in [0, 0.1) is 5.92 Å². The van der Waals surface area contributed by atoms with Crippen LogP contribution in [0.2, 0.25) is 0 Å². The first-order valence-electron chi connectivity index (χ1n) is 9.19. The summed E-state index contributed by atoms with van der Waals surface area (Å²) in [5, 5.41) is 7.27.